The highest BCUT2D eigenvalue weighted by Crippen LogP contribution is 2.30. The Morgan fingerprint density at radius 3 is 2.83 bits per heavy atom. The zero-order chi connectivity index (χ0) is 16.9. The highest BCUT2D eigenvalue weighted by molar-refractivity contribution is 9.10. The summed E-state index contributed by atoms with van der Waals surface area (Å²) in [6.45, 7) is 1.86. The second-order valence-corrected chi connectivity index (χ2v) is 6.90. The molecule has 0 saturated heterocycles. The van der Waals surface area contributed by atoms with Crippen LogP contribution in [0.5, 0.6) is 0 Å². The van der Waals surface area contributed by atoms with Gasteiger partial charge in [0.05, 0.1) is 5.56 Å². The summed E-state index contributed by atoms with van der Waals surface area (Å²) in [7, 11) is 0. The molecule has 0 aliphatic carbocycles. The fraction of sp³-hybridized carbons (Fsp3) is 0.118. The predicted octanol–water partition coefficient (Wildman–Crippen LogP) is 4.65. The van der Waals surface area contributed by atoms with E-state index in [1.54, 1.807) is 31.3 Å². The smallest absolute Gasteiger partial charge is 0.339 e. The Morgan fingerprint density at radius 2 is 2.12 bits per heavy atom. The van der Waals surface area contributed by atoms with Crippen molar-refractivity contribution in [3.05, 3.63) is 70.2 Å². The van der Waals surface area contributed by atoms with Crippen molar-refractivity contribution in [2.45, 2.75) is 23.5 Å². The molecule has 7 heteroatoms. The minimum atomic E-state index is -0.407. The number of aryl methyl sites for hydroxylation is 1. The van der Waals surface area contributed by atoms with E-state index in [-0.39, 0.29) is 6.61 Å². The number of hydrogen-bond donors (Lipinski definition) is 0. The van der Waals surface area contributed by atoms with Crippen molar-refractivity contribution in [3.63, 3.8) is 0 Å². The molecule has 24 heavy (non-hydrogen) atoms. The van der Waals surface area contributed by atoms with Crippen LogP contribution in [0.3, 0.4) is 0 Å². The molecule has 2 aromatic heterocycles. The molecule has 0 amide bonds. The van der Waals surface area contributed by atoms with Gasteiger partial charge in [-0.05, 0) is 47.1 Å². The summed E-state index contributed by atoms with van der Waals surface area (Å²) in [5.74, 6) is 0.272. The number of hydrogen-bond acceptors (Lipinski definition) is 6. The van der Waals surface area contributed by atoms with Gasteiger partial charge in [0.1, 0.15) is 23.1 Å². The Balaban J connectivity index is 1.73. The van der Waals surface area contributed by atoms with Crippen molar-refractivity contribution in [1.29, 1.82) is 0 Å². The molecule has 0 unspecified atom stereocenters. The summed E-state index contributed by atoms with van der Waals surface area (Å²) in [5.41, 5.74) is 1.08. The van der Waals surface area contributed by atoms with Crippen molar-refractivity contribution < 1.29 is 14.1 Å². The Bertz CT molecular complexity index is 849. The topological polar surface area (TPSA) is 65.2 Å². The van der Waals surface area contributed by atoms with Crippen LogP contribution >= 0.6 is 27.7 Å². The van der Waals surface area contributed by atoms with Crippen LogP contribution in [0.1, 0.15) is 21.8 Å². The standard InChI is InChI=1S/C17H13BrN2O3S/c1-11-8-13(20-23-11)10-22-17(21)14-4-2-3-5-15(14)24-16-7-6-12(18)9-19-16/h2-9H,10H2,1H3. The molecule has 1 aromatic carbocycles. The van der Waals surface area contributed by atoms with E-state index >= 15 is 0 Å². The van der Waals surface area contributed by atoms with E-state index < -0.39 is 5.97 Å². The summed E-state index contributed by atoms with van der Waals surface area (Å²) in [5, 5.41) is 4.60. The Kier molecular flexibility index (Phi) is 5.32. The fourth-order valence-electron chi connectivity index (χ4n) is 1.96. The van der Waals surface area contributed by atoms with E-state index in [1.165, 1.54) is 11.8 Å². The predicted molar refractivity (Wildman–Crippen MR) is 92.9 cm³/mol. The summed E-state index contributed by atoms with van der Waals surface area (Å²) >= 11 is 4.76. The zero-order valence-electron chi connectivity index (χ0n) is 12.7. The van der Waals surface area contributed by atoms with Crippen molar-refractivity contribution in [3.8, 4) is 0 Å². The van der Waals surface area contributed by atoms with Gasteiger partial charge in [-0.3, -0.25) is 0 Å². The van der Waals surface area contributed by atoms with Gasteiger partial charge in [-0.2, -0.15) is 0 Å². The molecular formula is C17H13BrN2O3S. The van der Waals surface area contributed by atoms with Gasteiger partial charge in [-0.25, -0.2) is 9.78 Å². The molecule has 122 valence electrons. The van der Waals surface area contributed by atoms with Gasteiger partial charge < -0.3 is 9.26 Å². The zero-order valence-corrected chi connectivity index (χ0v) is 15.1. The van der Waals surface area contributed by atoms with Gasteiger partial charge in [-0.15, -0.1) is 0 Å². The maximum Gasteiger partial charge on any atom is 0.339 e. The number of halogens is 1. The van der Waals surface area contributed by atoms with Crippen LogP contribution in [0.2, 0.25) is 0 Å². The molecule has 0 N–H and O–H groups in total. The van der Waals surface area contributed by atoms with Crippen molar-refractivity contribution in [2.24, 2.45) is 0 Å². The first kappa shape index (κ1) is 16.7. The third-order valence-corrected chi connectivity index (χ3v) is 4.55. The average molecular weight is 405 g/mol. The molecule has 2 heterocycles. The number of carbonyl (C=O) groups is 1. The van der Waals surface area contributed by atoms with E-state index in [0.717, 1.165) is 14.4 Å². The third-order valence-electron chi connectivity index (χ3n) is 3.05. The van der Waals surface area contributed by atoms with Crippen LogP contribution in [0.25, 0.3) is 0 Å². The van der Waals surface area contributed by atoms with E-state index in [4.69, 9.17) is 9.26 Å². The molecule has 0 bridgehead atoms. The minimum absolute atomic E-state index is 0.0751. The number of benzene rings is 1. The highest BCUT2D eigenvalue weighted by atomic mass is 79.9. The van der Waals surface area contributed by atoms with Crippen LogP contribution in [0.4, 0.5) is 0 Å². The summed E-state index contributed by atoms with van der Waals surface area (Å²) in [4.78, 5) is 17.5. The number of nitrogens with zero attached hydrogens (tertiary/aromatic N) is 2. The lowest BCUT2D eigenvalue weighted by Gasteiger charge is -2.08. The van der Waals surface area contributed by atoms with Gasteiger partial charge >= 0.3 is 5.97 Å². The summed E-state index contributed by atoms with van der Waals surface area (Å²) in [6.07, 6.45) is 1.72. The van der Waals surface area contributed by atoms with E-state index in [9.17, 15) is 4.79 Å². The number of carbonyl (C=O) groups excluding carboxylic acids is 1. The maximum atomic E-state index is 12.4. The molecule has 3 aromatic rings. The molecule has 0 saturated carbocycles. The lowest BCUT2D eigenvalue weighted by molar-refractivity contribution is 0.0460. The second kappa shape index (κ2) is 7.63. The van der Waals surface area contributed by atoms with Crippen molar-refractivity contribution in [1.82, 2.24) is 10.1 Å². The number of aromatic nitrogens is 2. The van der Waals surface area contributed by atoms with Gasteiger partial charge in [0, 0.05) is 21.6 Å². The van der Waals surface area contributed by atoms with Crippen LogP contribution in [-0.2, 0) is 11.3 Å². The molecule has 0 spiro atoms. The average Bonchev–Trinajstić information content (AvgIpc) is 3.01. The first-order chi connectivity index (χ1) is 11.6. The van der Waals surface area contributed by atoms with E-state index in [1.807, 2.05) is 24.3 Å². The second-order valence-electron chi connectivity index (χ2n) is 4.92. The van der Waals surface area contributed by atoms with Gasteiger partial charge in [0.2, 0.25) is 0 Å². The molecule has 0 fully saturated rings. The van der Waals surface area contributed by atoms with Gasteiger partial charge in [0.25, 0.3) is 0 Å². The summed E-state index contributed by atoms with van der Waals surface area (Å²) in [6, 6.07) is 12.8. The van der Waals surface area contributed by atoms with Crippen LogP contribution < -0.4 is 0 Å². The molecule has 3 rings (SSSR count). The van der Waals surface area contributed by atoms with Crippen LogP contribution in [0, 0.1) is 6.92 Å². The van der Waals surface area contributed by atoms with Crippen molar-refractivity contribution >= 4 is 33.7 Å². The fourth-order valence-corrected chi connectivity index (χ4v) is 3.07. The largest absolute Gasteiger partial charge is 0.455 e. The van der Waals surface area contributed by atoms with E-state index in [2.05, 4.69) is 26.1 Å². The first-order valence-corrected chi connectivity index (χ1v) is 8.70. The Hall–Kier alpha value is -2.12. The molecule has 0 atom stereocenters. The molecular weight excluding hydrogens is 392 g/mol. The normalized spacial score (nSPS) is 10.6. The van der Waals surface area contributed by atoms with Crippen LogP contribution in [-0.4, -0.2) is 16.1 Å². The third kappa shape index (κ3) is 4.24. The highest BCUT2D eigenvalue weighted by Gasteiger charge is 2.15. The molecule has 0 aliphatic rings. The number of ether oxygens (including phenoxy) is 1. The molecule has 0 radical (unpaired) electrons. The lowest BCUT2D eigenvalue weighted by atomic mass is 10.2. The lowest BCUT2D eigenvalue weighted by Crippen LogP contribution is -2.06. The Morgan fingerprint density at radius 1 is 1.29 bits per heavy atom. The van der Waals surface area contributed by atoms with Gasteiger partial charge in [0.15, 0.2) is 0 Å². The SMILES string of the molecule is Cc1cc(COC(=O)c2ccccc2Sc2ccc(Br)cn2)no1. The van der Waals surface area contributed by atoms with Gasteiger partial charge in [-0.1, -0.05) is 29.1 Å². The summed E-state index contributed by atoms with van der Waals surface area (Å²) < 4.78 is 11.2. The first-order valence-electron chi connectivity index (χ1n) is 7.09. The number of pyridine rings is 1. The molecule has 0 aliphatic heterocycles. The van der Waals surface area contributed by atoms with Crippen molar-refractivity contribution in [2.75, 3.05) is 0 Å². The maximum absolute atomic E-state index is 12.4. The van der Waals surface area contributed by atoms with E-state index in [0.29, 0.717) is 17.0 Å². The van der Waals surface area contributed by atoms with Crippen LogP contribution in [0.15, 0.2) is 67.6 Å². The quantitative estimate of drug-likeness (QED) is 0.576. The number of rotatable bonds is 5. The Labute approximate surface area is 151 Å². The molecule has 5 nitrogen and oxygen atoms in total. The minimum Gasteiger partial charge on any atom is -0.455 e. The number of esters is 1. The monoisotopic (exact) mass is 404 g/mol.